The monoisotopic (exact) mass is 326 g/mol. The Morgan fingerprint density at radius 1 is 0.826 bits per heavy atom. The van der Waals surface area contributed by atoms with Crippen LogP contribution in [0.2, 0.25) is 0 Å². The maximum Gasteiger partial charge on any atom is 0.338 e. The molecule has 0 aliphatic rings. The molecule has 0 saturated heterocycles. The van der Waals surface area contributed by atoms with Gasteiger partial charge in [0.25, 0.3) is 0 Å². The molecule has 0 spiro atoms. The van der Waals surface area contributed by atoms with E-state index in [1.165, 1.54) is 0 Å². The fraction of sp³-hybridized carbons (Fsp3) is 0.0714. The van der Waals surface area contributed by atoms with Gasteiger partial charge in [-0.05, 0) is 0 Å². The molecule has 0 fully saturated rings. The van der Waals surface area contributed by atoms with Crippen LogP contribution < -0.4 is 0 Å². The van der Waals surface area contributed by atoms with Gasteiger partial charge in [-0.25, -0.2) is 19.2 Å². The summed E-state index contributed by atoms with van der Waals surface area (Å²) >= 11 is 0. The molecule has 0 bridgehead atoms. The lowest BCUT2D eigenvalue weighted by Gasteiger charge is -1.98. The quantitative estimate of drug-likeness (QED) is 0.261. The van der Waals surface area contributed by atoms with Crippen molar-refractivity contribution in [2.24, 2.45) is 5.92 Å². The van der Waals surface area contributed by atoms with Crippen molar-refractivity contribution in [1.29, 1.82) is 0 Å². The summed E-state index contributed by atoms with van der Waals surface area (Å²) in [5, 5.41) is 24.2. The van der Waals surface area contributed by atoms with Gasteiger partial charge in [-0.1, -0.05) is 18.7 Å². The number of carboxylic acids is 3. The number of carbonyl (C=O) groups is 5. The van der Waals surface area contributed by atoms with Gasteiger partial charge >= 0.3 is 29.8 Å². The average Bonchev–Trinajstić information content (AvgIpc) is 2.45. The molecule has 3 N–H and O–H groups in total. The fourth-order valence-electron chi connectivity index (χ4n) is 0.761. The van der Waals surface area contributed by atoms with E-state index in [-0.39, 0.29) is 0 Å². The van der Waals surface area contributed by atoms with Crippen molar-refractivity contribution in [2.75, 3.05) is 0 Å². The second-order valence-electron chi connectivity index (χ2n) is 3.41. The van der Waals surface area contributed by atoms with Gasteiger partial charge < -0.3 is 20.1 Å². The van der Waals surface area contributed by atoms with Crippen molar-refractivity contribution in [3.05, 3.63) is 49.6 Å². The van der Waals surface area contributed by atoms with Crippen molar-refractivity contribution in [2.45, 2.75) is 0 Å². The van der Waals surface area contributed by atoms with Crippen molar-refractivity contribution in [3.8, 4) is 0 Å². The first kappa shape index (κ1) is 21.8. The fourth-order valence-corrected chi connectivity index (χ4v) is 0.761. The molecule has 23 heavy (non-hydrogen) atoms. The number of esters is 2. The molecule has 0 aliphatic carbocycles. The zero-order valence-corrected chi connectivity index (χ0v) is 11.7. The van der Waals surface area contributed by atoms with Crippen molar-refractivity contribution in [3.63, 3.8) is 0 Å². The largest absolute Gasteiger partial charge is 0.481 e. The Bertz CT molecular complexity index is 539. The third kappa shape index (κ3) is 14.7. The van der Waals surface area contributed by atoms with Crippen LogP contribution in [0.5, 0.6) is 0 Å². The van der Waals surface area contributed by atoms with Crippen molar-refractivity contribution >= 4 is 29.8 Å². The minimum absolute atomic E-state index is 0.558. The molecule has 9 nitrogen and oxygen atoms in total. The van der Waals surface area contributed by atoms with Crippen LogP contribution in [0.3, 0.4) is 0 Å². The number of aliphatic carboxylic acids is 3. The van der Waals surface area contributed by atoms with E-state index >= 15 is 0 Å². The number of hydrogen-bond acceptors (Lipinski definition) is 6. The van der Waals surface area contributed by atoms with Crippen LogP contribution in [0.4, 0.5) is 0 Å². The molecule has 0 amide bonds. The molecule has 0 rings (SSSR count). The van der Waals surface area contributed by atoms with Gasteiger partial charge in [0.05, 0.1) is 5.92 Å². The molecule has 0 saturated carbocycles. The van der Waals surface area contributed by atoms with E-state index in [4.69, 9.17) is 15.3 Å². The molecule has 0 aromatic carbocycles. The minimum Gasteiger partial charge on any atom is -0.481 e. The van der Waals surface area contributed by atoms with Crippen LogP contribution in [0.25, 0.3) is 0 Å². The molecule has 0 aliphatic heterocycles. The van der Waals surface area contributed by atoms with Crippen LogP contribution >= 0.6 is 0 Å². The predicted molar refractivity (Wildman–Crippen MR) is 76.2 cm³/mol. The highest BCUT2D eigenvalue weighted by Crippen LogP contribution is 2.00. The number of carboxylic acid groups (broad SMARTS) is 3. The van der Waals surface area contributed by atoms with Gasteiger partial charge in [-0.3, -0.25) is 4.79 Å². The molecule has 1 atom stereocenters. The van der Waals surface area contributed by atoms with E-state index in [0.29, 0.717) is 12.2 Å². The molecule has 0 aromatic heterocycles. The van der Waals surface area contributed by atoms with E-state index < -0.39 is 35.8 Å². The van der Waals surface area contributed by atoms with Crippen molar-refractivity contribution < 1.29 is 44.0 Å². The molecule has 124 valence electrons. The normalized spacial score (nSPS) is 11.0. The number of hydrogen-bond donors (Lipinski definition) is 3. The summed E-state index contributed by atoms with van der Waals surface area (Å²) in [4.78, 5) is 51.0. The summed E-state index contributed by atoms with van der Waals surface area (Å²) in [6.07, 6.45) is 5.00. The van der Waals surface area contributed by atoms with Gasteiger partial charge in [-0.15, -0.1) is 6.58 Å². The maximum absolute atomic E-state index is 10.9. The average molecular weight is 326 g/mol. The third-order valence-corrected chi connectivity index (χ3v) is 1.72. The number of rotatable bonds is 7. The van der Waals surface area contributed by atoms with E-state index in [9.17, 15) is 24.0 Å². The van der Waals surface area contributed by atoms with Gasteiger partial charge in [0.15, 0.2) is 0 Å². The lowest BCUT2D eigenvalue weighted by molar-refractivity contribution is -0.152. The number of ether oxygens (including phenoxy) is 1. The molecule has 9 heteroatoms. The van der Waals surface area contributed by atoms with E-state index in [1.54, 1.807) is 0 Å². The Hall–Kier alpha value is -3.49. The Kier molecular flexibility index (Phi) is 11.6. The highest BCUT2D eigenvalue weighted by atomic mass is 16.6. The summed E-state index contributed by atoms with van der Waals surface area (Å²) in [6.45, 7) is 6.36. The summed E-state index contributed by atoms with van der Waals surface area (Å²) < 4.78 is 4.16. The minimum atomic E-state index is -1.26. The predicted octanol–water partition coefficient (Wildman–Crippen LogP) is 0.397. The molecular formula is C14H14O9. The molecular weight excluding hydrogens is 312 g/mol. The smallest absolute Gasteiger partial charge is 0.338 e. The third-order valence-electron chi connectivity index (χ3n) is 1.72. The summed E-state index contributed by atoms with van der Waals surface area (Å²) in [5.74, 6) is -6.50. The SMILES string of the molecule is C=CC(=O)OC(=O)C=CC(C=C)C(=O)O.O=C(O)/C=C\C(=O)O. The molecule has 0 heterocycles. The first-order valence-corrected chi connectivity index (χ1v) is 5.69. The van der Waals surface area contributed by atoms with Crippen LogP contribution in [-0.2, 0) is 28.7 Å². The van der Waals surface area contributed by atoms with Gasteiger partial charge in [0.1, 0.15) is 0 Å². The van der Waals surface area contributed by atoms with E-state index in [0.717, 1.165) is 24.3 Å². The standard InChI is InChI=1S/C10H10O5.C4H4O4/c1-3-7(10(13)14)5-6-9(12)15-8(11)4-2;5-3(6)1-2-4(7)8/h3-7H,1-2H2,(H,13,14);1-2H,(H,5,6)(H,7,8)/b;2-1-. The summed E-state index contributed by atoms with van der Waals surface area (Å²) in [5.41, 5.74) is 0. The lowest BCUT2D eigenvalue weighted by Crippen LogP contribution is -2.10. The second-order valence-corrected chi connectivity index (χ2v) is 3.41. The molecule has 1 unspecified atom stereocenters. The first-order chi connectivity index (χ1) is 10.6. The zero-order valence-electron chi connectivity index (χ0n) is 11.7. The van der Waals surface area contributed by atoms with Crippen molar-refractivity contribution in [1.82, 2.24) is 0 Å². The Morgan fingerprint density at radius 3 is 1.61 bits per heavy atom. The van der Waals surface area contributed by atoms with Gasteiger partial charge in [-0.2, -0.15) is 0 Å². The zero-order chi connectivity index (χ0) is 18.4. The Morgan fingerprint density at radius 2 is 1.30 bits per heavy atom. The highest BCUT2D eigenvalue weighted by Gasteiger charge is 2.10. The second kappa shape index (κ2) is 12.3. The molecule has 0 radical (unpaired) electrons. The Balaban J connectivity index is 0. The van der Waals surface area contributed by atoms with Crippen LogP contribution in [-0.4, -0.2) is 45.2 Å². The van der Waals surface area contributed by atoms with Gasteiger partial charge in [0.2, 0.25) is 0 Å². The van der Waals surface area contributed by atoms with Crippen LogP contribution in [0.1, 0.15) is 0 Å². The summed E-state index contributed by atoms with van der Waals surface area (Å²) in [7, 11) is 0. The van der Waals surface area contributed by atoms with E-state index in [2.05, 4.69) is 17.9 Å². The summed E-state index contributed by atoms with van der Waals surface area (Å²) in [6, 6.07) is 0. The topological polar surface area (TPSA) is 155 Å². The van der Waals surface area contributed by atoms with E-state index in [1.807, 2.05) is 0 Å². The maximum atomic E-state index is 10.9. The highest BCUT2D eigenvalue weighted by molar-refractivity contribution is 5.96. The number of carbonyl (C=O) groups excluding carboxylic acids is 2. The Labute approximate surface area is 130 Å². The molecule has 0 aromatic rings. The van der Waals surface area contributed by atoms with Gasteiger partial charge in [0, 0.05) is 24.3 Å². The lowest BCUT2D eigenvalue weighted by atomic mass is 10.1. The first-order valence-electron chi connectivity index (χ1n) is 5.69. The van der Waals surface area contributed by atoms with Crippen LogP contribution in [0, 0.1) is 5.92 Å². The van der Waals surface area contributed by atoms with Crippen LogP contribution in [0.15, 0.2) is 49.6 Å².